The number of hydrogen-bond donors (Lipinski definition) is 2. The minimum atomic E-state index is -1.35. The molecule has 1 fully saturated rings. The normalized spacial score (nSPS) is 19.1. The van der Waals surface area contributed by atoms with Crippen LogP contribution >= 0.6 is 0 Å². The second kappa shape index (κ2) is 7.33. The number of carbonyl (C=O) groups excluding carboxylic acids is 1. The Morgan fingerprint density at radius 1 is 1.03 bits per heavy atom. The maximum absolute atomic E-state index is 12.6. The first-order valence-corrected chi connectivity index (χ1v) is 13.6. The fourth-order valence-corrected chi connectivity index (χ4v) is 7.03. The summed E-state index contributed by atoms with van der Waals surface area (Å²) in [7, 11) is -1.35. The monoisotopic (exact) mass is 409 g/mol. The maximum Gasteiger partial charge on any atom is 0.408 e. The van der Waals surface area contributed by atoms with Crippen LogP contribution in [-0.4, -0.2) is 37.4 Å². The van der Waals surface area contributed by atoms with Crippen LogP contribution in [0.4, 0.5) is 4.79 Å². The maximum atomic E-state index is 12.6. The van der Waals surface area contributed by atoms with Gasteiger partial charge >= 0.3 is 12.1 Å². The van der Waals surface area contributed by atoms with Crippen LogP contribution < -0.4 is 5.32 Å². The van der Waals surface area contributed by atoms with E-state index in [2.05, 4.69) is 42.7 Å². The molecule has 0 spiro atoms. The van der Waals surface area contributed by atoms with Crippen LogP contribution in [0.1, 0.15) is 29.9 Å². The number of carboxylic acid groups (broad SMARTS) is 1. The first kappa shape index (κ1) is 19.7. The molecule has 4 rings (SSSR count). The van der Waals surface area contributed by atoms with Crippen LogP contribution in [0.5, 0.6) is 0 Å². The van der Waals surface area contributed by atoms with Gasteiger partial charge in [0, 0.05) is 14.0 Å². The number of rotatable bonds is 4. The SMILES string of the molecule is C[Si]1(C)CCC(NC(=O)OCC2c3ccccc3-c3ccccc32)(C(=O)O)CC1. The number of carbonyl (C=O) groups is 2. The highest BCUT2D eigenvalue weighted by Gasteiger charge is 2.46. The largest absolute Gasteiger partial charge is 0.480 e. The second-order valence-electron chi connectivity index (χ2n) is 9.00. The standard InChI is InChI=1S/C23H27NO4Si/c1-29(2)13-11-23(12-14-29,21(25)26)24-22(27)28-15-20-18-9-5-3-7-16(18)17-8-4-6-10-19(17)20/h3-10,20H,11-15H2,1-2H3,(H,24,27)(H,25,26). The topological polar surface area (TPSA) is 75.6 Å². The first-order valence-electron chi connectivity index (χ1n) is 10.2. The molecule has 0 atom stereocenters. The fraction of sp³-hybridized carbons (Fsp3) is 0.391. The third-order valence-corrected chi connectivity index (χ3v) is 9.76. The van der Waals surface area contributed by atoms with Crippen molar-refractivity contribution in [3.05, 3.63) is 59.7 Å². The highest BCUT2D eigenvalue weighted by Crippen LogP contribution is 2.44. The summed E-state index contributed by atoms with van der Waals surface area (Å²) in [6, 6.07) is 18.1. The van der Waals surface area contributed by atoms with E-state index in [1.165, 1.54) is 11.1 Å². The van der Waals surface area contributed by atoms with Crippen LogP contribution in [-0.2, 0) is 9.53 Å². The van der Waals surface area contributed by atoms with Crippen molar-refractivity contribution in [3.8, 4) is 11.1 Å². The Bertz CT molecular complexity index is 900. The van der Waals surface area contributed by atoms with E-state index in [4.69, 9.17) is 4.74 Å². The molecule has 0 unspecified atom stereocenters. The van der Waals surface area contributed by atoms with Gasteiger partial charge in [0.25, 0.3) is 0 Å². The summed E-state index contributed by atoms with van der Waals surface area (Å²) in [6.07, 6.45) is 0.313. The average molecular weight is 410 g/mol. The smallest absolute Gasteiger partial charge is 0.408 e. The molecule has 0 radical (unpaired) electrons. The molecule has 2 aromatic rings. The van der Waals surface area contributed by atoms with E-state index < -0.39 is 25.7 Å². The molecule has 1 saturated heterocycles. The van der Waals surface area contributed by atoms with Crippen molar-refractivity contribution in [1.82, 2.24) is 5.32 Å². The van der Waals surface area contributed by atoms with Crippen LogP contribution in [0, 0.1) is 0 Å². The first-order chi connectivity index (χ1) is 13.8. The predicted molar refractivity (Wildman–Crippen MR) is 115 cm³/mol. The Hall–Kier alpha value is -2.60. The second-order valence-corrected chi connectivity index (χ2v) is 14.3. The number of amides is 1. The van der Waals surface area contributed by atoms with E-state index >= 15 is 0 Å². The molecular weight excluding hydrogens is 382 g/mol. The quantitative estimate of drug-likeness (QED) is 0.708. The van der Waals surface area contributed by atoms with Crippen molar-refractivity contribution in [2.75, 3.05) is 6.61 Å². The molecule has 1 aliphatic heterocycles. The summed E-state index contributed by atoms with van der Waals surface area (Å²) in [5, 5.41) is 12.5. The number of benzene rings is 2. The summed E-state index contributed by atoms with van der Waals surface area (Å²) in [5.41, 5.74) is 3.40. The minimum Gasteiger partial charge on any atom is -0.480 e. The number of ether oxygens (including phenoxy) is 1. The number of fused-ring (bicyclic) bond motifs is 3. The van der Waals surface area contributed by atoms with Gasteiger partial charge in [-0.3, -0.25) is 0 Å². The van der Waals surface area contributed by atoms with Crippen molar-refractivity contribution in [2.24, 2.45) is 0 Å². The third kappa shape index (κ3) is 3.69. The van der Waals surface area contributed by atoms with Crippen molar-refractivity contribution >= 4 is 20.1 Å². The highest BCUT2D eigenvalue weighted by molar-refractivity contribution is 6.77. The molecule has 6 heteroatoms. The van der Waals surface area contributed by atoms with Gasteiger partial charge in [-0.05, 0) is 35.1 Å². The summed E-state index contributed by atoms with van der Waals surface area (Å²) in [4.78, 5) is 24.5. The molecule has 152 valence electrons. The number of hydrogen-bond acceptors (Lipinski definition) is 3. The fourth-order valence-electron chi connectivity index (χ4n) is 4.58. The lowest BCUT2D eigenvalue weighted by molar-refractivity contribution is -0.145. The Balaban J connectivity index is 1.47. The van der Waals surface area contributed by atoms with Crippen LogP contribution in [0.2, 0.25) is 25.2 Å². The van der Waals surface area contributed by atoms with Gasteiger partial charge in [-0.1, -0.05) is 73.7 Å². The van der Waals surface area contributed by atoms with Gasteiger partial charge in [0.15, 0.2) is 0 Å². The lowest BCUT2D eigenvalue weighted by Gasteiger charge is -2.39. The zero-order chi connectivity index (χ0) is 20.6. The summed E-state index contributed by atoms with van der Waals surface area (Å²) in [5.74, 6) is -0.998. The molecule has 1 aliphatic carbocycles. The van der Waals surface area contributed by atoms with Gasteiger partial charge in [-0.15, -0.1) is 0 Å². The Kier molecular flexibility index (Phi) is 4.98. The van der Waals surface area contributed by atoms with Crippen LogP contribution in [0.15, 0.2) is 48.5 Å². The van der Waals surface area contributed by atoms with Gasteiger partial charge in [-0.25, -0.2) is 9.59 Å². The number of carboxylic acids is 1. The summed E-state index contributed by atoms with van der Waals surface area (Å²) >= 11 is 0. The zero-order valence-electron chi connectivity index (χ0n) is 16.9. The lowest BCUT2D eigenvalue weighted by Crippen LogP contribution is -2.58. The minimum absolute atomic E-state index is 0.0355. The molecule has 0 bridgehead atoms. The van der Waals surface area contributed by atoms with E-state index in [0.29, 0.717) is 12.8 Å². The van der Waals surface area contributed by atoms with Crippen LogP contribution in [0.3, 0.4) is 0 Å². The zero-order valence-corrected chi connectivity index (χ0v) is 17.9. The molecule has 0 saturated carbocycles. The Morgan fingerprint density at radius 2 is 1.55 bits per heavy atom. The van der Waals surface area contributed by atoms with Gasteiger partial charge in [0.2, 0.25) is 0 Å². The van der Waals surface area contributed by atoms with Crippen molar-refractivity contribution in [2.45, 2.75) is 49.5 Å². The predicted octanol–water partition coefficient (Wildman–Crippen LogP) is 4.85. The van der Waals surface area contributed by atoms with E-state index in [0.717, 1.165) is 23.2 Å². The summed E-state index contributed by atoms with van der Waals surface area (Å²) < 4.78 is 5.57. The third-order valence-electron chi connectivity index (χ3n) is 6.55. The van der Waals surface area contributed by atoms with Gasteiger partial charge in [0.05, 0.1) is 0 Å². The Labute approximate surface area is 172 Å². The van der Waals surface area contributed by atoms with Crippen LogP contribution in [0.25, 0.3) is 11.1 Å². The summed E-state index contributed by atoms with van der Waals surface area (Å²) in [6.45, 7) is 4.73. The number of nitrogens with one attached hydrogen (secondary N) is 1. The lowest BCUT2D eigenvalue weighted by atomic mass is 9.92. The molecule has 2 aliphatic rings. The molecule has 2 N–H and O–H groups in total. The van der Waals surface area contributed by atoms with Gasteiger partial charge in [-0.2, -0.15) is 0 Å². The van der Waals surface area contributed by atoms with Crippen molar-refractivity contribution < 1.29 is 19.4 Å². The van der Waals surface area contributed by atoms with E-state index in [1.807, 2.05) is 24.3 Å². The molecule has 0 aromatic heterocycles. The number of alkyl carbamates (subject to hydrolysis) is 1. The molecule has 29 heavy (non-hydrogen) atoms. The van der Waals surface area contributed by atoms with E-state index in [1.54, 1.807) is 0 Å². The molecule has 1 heterocycles. The Morgan fingerprint density at radius 3 is 2.07 bits per heavy atom. The van der Waals surface area contributed by atoms with Gasteiger partial charge in [0.1, 0.15) is 12.1 Å². The molecule has 5 nitrogen and oxygen atoms in total. The highest BCUT2D eigenvalue weighted by atomic mass is 28.3. The van der Waals surface area contributed by atoms with Gasteiger partial charge < -0.3 is 15.2 Å². The average Bonchev–Trinajstić information content (AvgIpc) is 3.02. The molecule has 2 aromatic carbocycles. The molecule has 1 amide bonds. The van der Waals surface area contributed by atoms with E-state index in [-0.39, 0.29) is 12.5 Å². The molecular formula is C23H27NO4Si. The van der Waals surface area contributed by atoms with E-state index in [9.17, 15) is 14.7 Å². The van der Waals surface area contributed by atoms with Crippen molar-refractivity contribution in [1.29, 1.82) is 0 Å². The van der Waals surface area contributed by atoms with Crippen molar-refractivity contribution in [3.63, 3.8) is 0 Å². The number of aliphatic carboxylic acids is 1.